The number of esters is 1. The maximum atomic E-state index is 12.3. The highest BCUT2D eigenvalue weighted by Crippen LogP contribution is 2.26. The topological polar surface area (TPSA) is 84.5 Å². The van der Waals surface area contributed by atoms with Crippen LogP contribution in [0.25, 0.3) is 0 Å². The first-order valence-electron chi connectivity index (χ1n) is 8.97. The second-order valence-corrected chi connectivity index (χ2v) is 7.42. The van der Waals surface area contributed by atoms with E-state index in [-0.39, 0.29) is 6.54 Å². The second-order valence-electron chi connectivity index (χ2n) is 6.58. The molecule has 2 amide bonds. The molecule has 29 heavy (non-hydrogen) atoms. The molecule has 2 rings (SSSR count). The first-order valence-corrected chi connectivity index (χ1v) is 9.72. The van der Waals surface area contributed by atoms with Gasteiger partial charge in [0.05, 0.1) is 6.04 Å². The number of ether oxygens (including phenoxy) is 1. The van der Waals surface area contributed by atoms with Crippen LogP contribution in [0.2, 0.25) is 10.0 Å². The Balaban J connectivity index is 1.83. The summed E-state index contributed by atoms with van der Waals surface area (Å²) in [6, 6.07) is 11.5. The molecule has 0 saturated heterocycles. The van der Waals surface area contributed by atoms with Gasteiger partial charge in [-0.25, -0.2) is 0 Å². The molecule has 2 aromatic rings. The number of halogens is 2. The number of carbonyl (C=O) groups is 3. The van der Waals surface area contributed by atoms with Crippen LogP contribution >= 0.6 is 23.2 Å². The lowest BCUT2D eigenvalue weighted by atomic mass is 10.1. The fraction of sp³-hybridized carbons (Fsp3) is 0.286. The summed E-state index contributed by atoms with van der Waals surface area (Å²) < 4.78 is 5.09. The summed E-state index contributed by atoms with van der Waals surface area (Å²) in [5.41, 5.74) is 2.06. The van der Waals surface area contributed by atoms with E-state index in [0.717, 1.165) is 5.56 Å². The maximum Gasteiger partial charge on any atom is 0.326 e. The highest BCUT2D eigenvalue weighted by molar-refractivity contribution is 6.35. The number of nitrogens with one attached hydrogen (secondary N) is 2. The summed E-state index contributed by atoms with van der Waals surface area (Å²) in [5.74, 6) is -1.60. The van der Waals surface area contributed by atoms with Crippen LogP contribution in [0, 0.1) is 6.92 Å². The summed E-state index contributed by atoms with van der Waals surface area (Å²) in [6.45, 7) is 4.72. The fourth-order valence-corrected chi connectivity index (χ4v) is 3.17. The van der Waals surface area contributed by atoms with Crippen molar-refractivity contribution in [2.75, 3.05) is 6.54 Å². The predicted molar refractivity (Wildman–Crippen MR) is 112 cm³/mol. The van der Waals surface area contributed by atoms with E-state index in [1.165, 1.54) is 6.92 Å². The van der Waals surface area contributed by atoms with Crippen LogP contribution in [0.3, 0.4) is 0 Å². The molecule has 0 aliphatic carbocycles. The molecule has 0 aliphatic rings. The Morgan fingerprint density at radius 1 is 1.07 bits per heavy atom. The Morgan fingerprint density at radius 2 is 1.79 bits per heavy atom. The highest BCUT2D eigenvalue weighted by Gasteiger charge is 2.21. The van der Waals surface area contributed by atoms with E-state index in [4.69, 9.17) is 27.9 Å². The number of benzene rings is 2. The van der Waals surface area contributed by atoms with Crippen molar-refractivity contribution in [3.8, 4) is 0 Å². The molecule has 6 nitrogen and oxygen atoms in total. The molecule has 0 spiro atoms. The van der Waals surface area contributed by atoms with E-state index in [1.54, 1.807) is 43.3 Å². The van der Waals surface area contributed by atoms with Gasteiger partial charge < -0.3 is 15.4 Å². The zero-order valence-corrected chi connectivity index (χ0v) is 17.8. The van der Waals surface area contributed by atoms with Crippen LogP contribution in [0.15, 0.2) is 42.5 Å². The first kappa shape index (κ1) is 22.7. The average Bonchev–Trinajstić information content (AvgIpc) is 2.65. The molecule has 0 aromatic heterocycles. The average molecular weight is 437 g/mol. The molecule has 8 heteroatoms. The van der Waals surface area contributed by atoms with Crippen LogP contribution in [0.5, 0.6) is 0 Å². The van der Waals surface area contributed by atoms with E-state index in [1.807, 2.05) is 13.0 Å². The van der Waals surface area contributed by atoms with Gasteiger partial charge in [0.2, 0.25) is 0 Å². The Labute approximate surface area is 179 Å². The highest BCUT2D eigenvalue weighted by atomic mass is 35.5. The lowest BCUT2D eigenvalue weighted by Gasteiger charge is -2.19. The van der Waals surface area contributed by atoms with E-state index >= 15 is 0 Å². The molecule has 0 saturated carbocycles. The number of rotatable bonds is 7. The van der Waals surface area contributed by atoms with Gasteiger partial charge >= 0.3 is 5.97 Å². The van der Waals surface area contributed by atoms with Crippen molar-refractivity contribution in [2.24, 2.45) is 0 Å². The van der Waals surface area contributed by atoms with Crippen molar-refractivity contribution >= 4 is 41.0 Å². The summed E-state index contributed by atoms with van der Waals surface area (Å²) in [6.07, 6.45) is -1.04. The molecule has 0 radical (unpaired) electrons. The third-order valence-electron chi connectivity index (χ3n) is 4.14. The van der Waals surface area contributed by atoms with Crippen LogP contribution in [0.4, 0.5) is 0 Å². The maximum absolute atomic E-state index is 12.3. The Bertz CT molecular complexity index is 917. The van der Waals surface area contributed by atoms with Crippen molar-refractivity contribution in [2.45, 2.75) is 32.9 Å². The minimum Gasteiger partial charge on any atom is -0.451 e. The SMILES string of the molecule is Cc1cccc(C(=O)NCC(=O)OC(C)C(=O)NC(C)c2ccc(Cl)cc2Cl)c1. The normalized spacial score (nSPS) is 12.6. The third-order valence-corrected chi connectivity index (χ3v) is 4.70. The Hall–Kier alpha value is -2.57. The zero-order valence-electron chi connectivity index (χ0n) is 16.3. The van der Waals surface area contributed by atoms with Gasteiger partial charge in [-0.3, -0.25) is 14.4 Å². The molecular formula is C21H22Cl2N2O4. The largest absolute Gasteiger partial charge is 0.451 e. The number of hydrogen-bond donors (Lipinski definition) is 2. The van der Waals surface area contributed by atoms with Gasteiger partial charge in [0.25, 0.3) is 11.8 Å². The molecule has 154 valence electrons. The number of aryl methyl sites for hydroxylation is 1. The molecule has 2 N–H and O–H groups in total. The van der Waals surface area contributed by atoms with E-state index in [0.29, 0.717) is 21.2 Å². The lowest BCUT2D eigenvalue weighted by Crippen LogP contribution is -2.39. The summed E-state index contributed by atoms with van der Waals surface area (Å²) >= 11 is 12.0. The Morgan fingerprint density at radius 3 is 2.45 bits per heavy atom. The van der Waals surface area contributed by atoms with Gasteiger partial charge in [0, 0.05) is 15.6 Å². The third kappa shape index (κ3) is 6.76. The zero-order chi connectivity index (χ0) is 21.6. The predicted octanol–water partition coefficient (Wildman–Crippen LogP) is 3.84. The minimum absolute atomic E-state index is 0.344. The molecule has 0 bridgehead atoms. The van der Waals surface area contributed by atoms with Crippen LogP contribution < -0.4 is 10.6 Å². The number of hydrogen-bond acceptors (Lipinski definition) is 4. The van der Waals surface area contributed by atoms with Gasteiger partial charge in [0.1, 0.15) is 6.54 Å². The van der Waals surface area contributed by atoms with Crippen molar-refractivity contribution in [1.29, 1.82) is 0 Å². The van der Waals surface area contributed by atoms with Gasteiger partial charge in [0.15, 0.2) is 6.10 Å². The monoisotopic (exact) mass is 436 g/mol. The fourth-order valence-electron chi connectivity index (χ4n) is 2.59. The molecule has 2 atom stereocenters. The van der Waals surface area contributed by atoms with E-state index < -0.39 is 29.9 Å². The second kappa shape index (κ2) is 10.3. The molecule has 0 heterocycles. The summed E-state index contributed by atoms with van der Waals surface area (Å²) in [7, 11) is 0. The Kier molecular flexibility index (Phi) is 8.05. The van der Waals surface area contributed by atoms with Crippen LogP contribution in [-0.2, 0) is 14.3 Å². The van der Waals surface area contributed by atoms with Crippen molar-refractivity contribution < 1.29 is 19.1 Å². The molecular weight excluding hydrogens is 415 g/mol. The van der Waals surface area contributed by atoms with Crippen molar-refractivity contribution in [3.63, 3.8) is 0 Å². The quantitative estimate of drug-likeness (QED) is 0.645. The van der Waals surface area contributed by atoms with Crippen molar-refractivity contribution in [1.82, 2.24) is 10.6 Å². The number of amides is 2. The lowest BCUT2D eigenvalue weighted by molar-refractivity contribution is -0.154. The van der Waals surface area contributed by atoms with Gasteiger partial charge in [-0.2, -0.15) is 0 Å². The minimum atomic E-state index is -1.04. The first-order chi connectivity index (χ1) is 13.7. The van der Waals surface area contributed by atoms with Crippen LogP contribution in [-0.4, -0.2) is 30.4 Å². The standard InChI is InChI=1S/C21H22Cl2N2O4/c1-12-5-4-6-15(9-12)21(28)24-11-19(26)29-14(3)20(27)25-13(2)17-8-7-16(22)10-18(17)23/h4-10,13-14H,11H2,1-3H3,(H,24,28)(H,25,27). The molecule has 2 aromatic carbocycles. The van der Waals surface area contributed by atoms with E-state index in [9.17, 15) is 14.4 Å². The molecule has 0 aliphatic heterocycles. The molecule has 2 unspecified atom stereocenters. The van der Waals surface area contributed by atoms with Crippen molar-refractivity contribution in [3.05, 3.63) is 69.2 Å². The smallest absolute Gasteiger partial charge is 0.326 e. The van der Waals surface area contributed by atoms with E-state index in [2.05, 4.69) is 10.6 Å². The van der Waals surface area contributed by atoms with Gasteiger partial charge in [-0.1, -0.05) is 47.0 Å². The van der Waals surface area contributed by atoms with Gasteiger partial charge in [-0.15, -0.1) is 0 Å². The molecule has 0 fully saturated rings. The van der Waals surface area contributed by atoms with Gasteiger partial charge in [-0.05, 0) is 50.6 Å². The number of carbonyl (C=O) groups excluding carboxylic acids is 3. The van der Waals surface area contributed by atoms with Crippen LogP contribution in [0.1, 0.15) is 41.4 Å². The summed E-state index contributed by atoms with van der Waals surface area (Å²) in [5, 5.41) is 6.12. The summed E-state index contributed by atoms with van der Waals surface area (Å²) in [4.78, 5) is 36.3.